The molecular formula is C21H19N3O5. The monoisotopic (exact) mass is 393 g/mol. The number of amides is 3. The van der Waals surface area contributed by atoms with Crippen LogP contribution in [0, 0.1) is 0 Å². The fourth-order valence-corrected chi connectivity index (χ4v) is 4.09. The van der Waals surface area contributed by atoms with Crippen LogP contribution in [-0.4, -0.2) is 48.5 Å². The molecule has 2 aromatic rings. The highest BCUT2D eigenvalue weighted by atomic mass is 16.7. The molecule has 3 aliphatic rings. The van der Waals surface area contributed by atoms with Gasteiger partial charge in [0.1, 0.15) is 12.6 Å². The topological polar surface area (TPSA) is 88.2 Å². The van der Waals surface area contributed by atoms with E-state index in [1.165, 1.54) is 4.90 Å². The Morgan fingerprint density at radius 1 is 1.10 bits per heavy atom. The zero-order valence-electron chi connectivity index (χ0n) is 15.6. The third kappa shape index (κ3) is 2.97. The van der Waals surface area contributed by atoms with E-state index in [1.54, 1.807) is 47.4 Å². The van der Waals surface area contributed by atoms with Gasteiger partial charge in [-0.15, -0.1) is 0 Å². The summed E-state index contributed by atoms with van der Waals surface area (Å²) < 4.78 is 10.6. The van der Waals surface area contributed by atoms with Crippen LogP contribution in [0.1, 0.15) is 23.2 Å². The highest BCUT2D eigenvalue weighted by molar-refractivity contribution is 6.13. The van der Waals surface area contributed by atoms with E-state index in [1.807, 2.05) is 0 Å². The second-order valence-corrected chi connectivity index (χ2v) is 7.21. The number of hydrogen-bond acceptors (Lipinski definition) is 5. The minimum Gasteiger partial charge on any atom is -0.454 e. The van der Waals surface area contributed by atoms with Crippen molar-refractivity contribution in [2.24, 2.45) is 0 Å². The van der Waals surface area contributed by atoms with Crippen molar-refractivity contribution in [1.29, 1.82) is 0 Å². The van der Waals surface area contributed by atoms with Crippen LogP contribution in [0.5, 0.6) is 11.5 Å². The number of nitrogens with zero attached hydrogens (tertiary/aromatic N) is 2. The standard InChI is InChI=1S/C21H19N3O5/c25-19(22-13-7-8-17-18(10-13)29-12-28-17)11-24-15-5-2-1-4-14(15)20(26)23-9-3-6-16(23)21(24)27/h1-2,4-5,7-8,10,16H,3,6,9,11-12H2,(H,22,25)/t16-/m1/s1. The average molecular weight is 393 g/mol. The molecule has 2 aromatic carbocycles. The largest absolute Gasteiger partial charge is 0.454 e. The van der Waals surface area contributed by atoms with Gasteiger partial charge in [-0.3, -0.25) is 14.4 Å². The summed E-state index contributed by atoms with van der Waals surface area (Å²) in [6, 6.07) is 11.5. The van der Waals surface area contributed by atoms with Gasteiger partial charge in [-0.25, -0.2) is 0 Å². The summed E-state index contributed by atoms with van der Waals surface area (Å²) >= 11 is 0. The number of anilines is 2. The minimum atomic E-state index is -0.520. The van der Waals surface area contributed by atoms with Crippen LogP contribution in [0.4, 0.5) is 11.4 Å². The number of ether oxygens (including phenoxy) is 2. The Morgan fingerprint density at radius 2 is 1.93 bits per heavy atom. The first-order valence-corrected chi connectivity index (χ1v) is 9.53. The number of rotatable bonds is 3. The molecule has 0 radical (unpaired) electrons. The molecule has 8 heteroatoms. The van der Waals surface area contributed by atoms with Gasteiger partial charge >= 0.3 is 0 Å². The molecule has 148 valence electrons. The van der Waals surface area contributed by atoms with Crippen molar-refractivity contribution in [1.82, 2.24) is 4.90 Å². The molecule has 0 aliphatic carbocycles. The highest BCUT2D eigenvalue weighted by Crippen LogP contribution is 2.35. The molecule has 0 saturated carbocycles. The summed E-state index contributed by atoms with van der Waals surface area (Å²) in [5.74, 6) is 0.452. The van der Waals surface area contributed by atoms with Gasteiger partial charge in [0.05, 0.1) is 11.3 Å². The van der Waals surface area contributed by atoms with E-state index in [4.69, 9.17) is 9.47 Å². The predicted molar refractivity (Wildman–Crippen MR) is 104 cm³/mol. The van der Waals surface area contributed by atoms with Gasteiger partial charge in [0.15, 0.2) is 11.5 Å². The summed E-state index contributed by atoms with van der Waals surface area (Å²) in [4.78, 5) is 41.9. The molecule has 5 rings (SSSR count). The van der Waals surface area contributed by atoms with Crippen molar-refractivity contribution in [3.63, 3.8) is 0 Å². The molecule has 3 heterocycles. The number of benzene rings is 2. The van der Waals surface area contributed by atoms with Gasteiger partial charge in [0.2, 0.25) is 18.6 Å². The van der Waals surface area contributed by atoms with Crippen LogP contribution in [0.2, 0.25) is 0 Å². The first-order valence-electron chi connectivity index (χ1n) is 9.53. The smallest absolute Gasteiger partial charge is 0.256 e. The zero-order chi connectivity index (χ0) is 20.0. The SMILES string of the molecule is O=C(CN1C(=O)[C@H]2CCCN2C(=O)c2ccccc21)Nc1ccc2c(c1)OCO2. The molecule has 0 spiro atoms. The molecule has 0 bridgehead atoms. The zero-order valence-corrected chi connectivity index (χ0v) is 15.6. The summed E-state index contributed by atoms with van der Waals surface area (Å²) in [5, 5.41) is 2.79. The third-order valence-corrected chi connectivity index (χ3v) is 5.45. The Bertz CT molecular complexity index is 1020. The second kappa shape index (κ2) is 6.80. The summed E-state index contributed by atoms with van der Waals surface area (Å²) in [5.41, 5.74) is 1.47. The lowest BCUT2D eigenvalue weighted by Crippen LogP contribution is -2.47. The van der Waals surface area contributed by atoms with Gasteiger partial charge < -0.3 is 24.6 Å². The summed E-state index contributed by atoms with van der Waals surface area (Å²) in [7, 11) is 0. The Labute approximate surface area is 167 Å². The molecule has 1 N–H and O–H groups in total. The summed E-state index contributed by atoms with van der Waals surface area (Å²) in [6.45, 7) is 0.528. The molecule has 8 nitrogen and oxygen atoms in total. The average Bonchev–Trinajstić information content (AvgIpc) is 3.38. The lowest BCUT2D eigenvalue weighted by Gasteiger charge is -2.25. The van der Waals surface area contributed by atoms with Crippen LogP contribution in [0.25, 0.3) is 0 Å². The van der Waals surface area contributed by atoms with Gasteiger partial charge in [-0.05, 0) is 37.1 Å². The maximum absolute atomic E-state index is 13.2. The predicted octanol–water partition coefficient (Wildman–Crippen LogP) is 2.01. The van der Waals surface area contributed by atoms with Crippen molar-refractivity contribution in [2.75, 3.05) is 30.1 Å². The number of para-hydroxylation sites is 1. The molecule has 0 aromatic heterocycles. The molecule has 1 saturated heterocycles. The van der Waals surface area contributed by atoms with Gasteiger partial charge in [-0.1, -0.05) is 12.1 Å². The fraction of sp³-hybridized carbons (Fsp3) is 0.286. The van der Waals surface area contributed by atoms with Gasteiger partial charge in [0, 0.05) is 18.3 Å². The number of fused-ring (bicyclic) bond motifs is 3. The number of carbonyl (C=O) groups is 3. The van der Waals surface area contributed by atoms with E-state index in [-0.39, 0.29) is 31.1 Å². The third-order valence-electron chi connectivity index (χ3n) is 5.45. The molecule has 0 unspecified atom stereocenters. The van der Waals surface area contributed by atoms with Crippen LogP contribution in [0.3, 0.4) is 0 Å². The molecule has 29 heavy (non-hydrogen) atoms. The van der Waals surface area contributed by atoms with Crippen molar-refractivity contribution in [2.45, 2.75) is 18.9 Å². The number of nitrogens with one attached hydrogen (secondary N) is 1. The molecule has 1 atom stereocenters. The normalized spacial score (nSPS) is 19.7. The maximum atomic E-state index is 13.2. The minimum absolute atomic E-state index is 0.151. The quantitative estimate of drug-likeness (QED) is 0.862. The molecule has 3 aliphatic heterocycles. The first-order chi connectivity index (χ1) is 14.1. The van der Waals surface area contributed by atoms with Crippen LogP contribution >= 0.6 is 0 Å². The van der Waals surface area contributed by atoms with E-state index in [0.29, 0.717) is 41.4 Å². The van der Waals surface area contributed by atoms with Crippen molar-refractivity contribution in [3.05, 3.63) is 48.0 Å². The molecular weight excluding hydrogens is 374 g/mol. The Kier molecular flexibility index (Phi) is 4.12. The van der Waals surface area contributed by atoms with Crippen LogP contribution < -0.4 is 19.7 Å². The Morgan fingerprint density at radius 3 is 2.83 bits per heavy atom. The van der Waals surface area contributed by atoms with E-state index in [0.717, 1.165) is 6.42 Å². The molecule has 3 amide bonds. The van der Waals surface area contributed by atoms with Gasteiger partial charge in [0.25, 0.3) is 5.91 Å². The molecule has 1 fully saturated rings. The fourth-order valence-electron chi connectivity index (χ4n) is 4.09. The second-order valence-electron chi connectivity index (χ2n) is 7.21. The Balaban J connectivity index is 1.41. The van der Waals surface area contributed by atoms with Crippen molar-refractivity contribution < 1.29 is 23.9 Å². The van der Waals surface area contributed by atoms with Crippen molar-refractivity contribution in [3.8, 4) is 11.5 Å². The van der Waals surface area contributed by atoms with Gasteiger partial charge in [-0.2, -0.15) is 0 Å². The van der Waals surface area contributed by atoms with E-state index in [2.05, 4.69) is 5.32 Å². The number of hydrogen-bond donors (Lipinski definition) is 1. The first kappa shape index (κ1) is 17.5. The van der Waals surface area contributed by atoms with Crippen molar-refractivity contribution >= 4 is 29.1 Å². The lowest BCUT2D eigenvalue weighted by molar-refractivity contribution is -0.124. The van der Waals surface area contributed by atoms with E-state index in [9.17, 15) is 14.4 Å². The van der Waals surface area contributed by atoms with E-state index < -0.39 is 6.04 Å². The highest BCUT2D eigenvalue weighted by Gasteiger charge is 2.42. The van der Waals surface area contributed by atoms with Crippen LogP contribution in [-0.2, 0) is 9.59 Å². The summed E-state index contributed by atoms with van der Waals surface area (Å²) in [6.07, 6.45) is 1.39. The van der Waals surface area contributed by atoms with Crippen LogP contribution in [0.15, 0.2) is 42.5 Å². The Hall–Kier alpha value is -3.55. The number of carbonyl (C=O) groups excluding carboxylic acids is 3. The van der Waals surface area contributed by atoms with E-state index >= 15 is 0 Å². The maximum Gasteiger partial charge on any atom is 0.256 e. The lowest BCUT2D eigenvalue weighted by atomic mass is 10.1.